The van der Waals surface area contributed by atoms with Crippen molar-refractivity contribution in [1.82, 2.24) is 4.57 Å². The number of nitrogens with one attached hydrogen (secondary N) is 2. The van der Waals surface area contributed by atoms with Crippen molar-refractivity contribution in [2.24, 2.45) is 18.6 Å². The summed E-state index contributed by atoms with van der Waals surface area (Å²) in [5.41, 5.74) is 13.7. The van der Waals surface area contributed by atoms with Gasteiger partial charge >= 0.3 is 0 Å². The highest BCUT2D eigenvalue weighted by molar-refractivity contribution is 6.74. The van der Waals surface area contributed by atoms with Gasteiger partial charge in [-0.1, -0.05) is 141 Å². The van der Waals surface area contributed by atoms with E-state index in [9.17, 15) is 10.8 Å². The molecule has 7 aromatic rings. The molecule has 0 spiro atoms. The van der Waals surface area contributed by atoms with E-state index >= 15 is 0 Å². The Morgan fingerprint density at radius 2 is 1.22 bits per heavy atom. The molecule has 2 radical (unpaired) electrons. The Morgan fingerprint density at radius 1 is 0.569 bits per heavy atom. The number of allylic oxidation sites excluding steroid dienone is 8. The number of hydrogen-bond donors (Lipinski definition) is 2. The van der Waals surface area contributed by atoms with Gasteiger partial charge in [0.2, 0.25) is 0 Å². The van der Waals surface area contributed by atoms with Crippen LogP contribution in [0.3, 0.4) is 0 Å². The Kier molecular flexibility index (Phi) is 10.8. The minimum absolute atomic E-state index is 0.323. The van der Waals surface area contributed by atoms with Gasteiger partial charge in [-0.15, -0.1) is 0 Å². The van der Waals surface area contributed by atoms with Gasteiger partial charge in [0.1, 0.15) is 5.71 Å². The van der Waals surface area contributed by atoms with Gasteiger partial charge in [-0.25, -0.2) is 0 Å². The van der Waals surface area contributed by atoms with Crippen LogP contribution in [-0.2, 0) is 0 Å². The summed E-state index contributed by atoms with van der Waals surface area (Å²) in [4.78, 5) is 2.10. The second-order valence-corrected chi connectivity index (χ2v) is 25.1. The largest absolute Gasteiger partial charge is 0.321 e. The molecule has 2 aliphatic carbocycles. The summed E-state index contributed by atoms with van der Waals surface area (Å²) in [6, 6.07) is 49.1. The monoisotopic (exact) mass is 892 g/mol. The summed E-state index contributed by atoms with van der Waals surface area (Å²) in [5.74, 6) is 0. The molecule has 0 amide bonds. The lowest BCUT2D eigenvalue weighted by Gasteiger charge is -2.34. The van der Waals surface area contributed by atoms with Crippen LogP contribution in [0, 0.1) is 10.8 Å². The van der Waals surface area contributed by atoms with E-state index in [0.29, 0.717) is 28.5 Å². The molecule has 316 valence electrons. The van der Waals surface area contributed by atoms with E-state index in [1.54, 1.807) is 0 Å². The Hall–Kier alpha value is -7.19. The first-order chi connectivity index (χ1) is 31.5. The molecule has 1 aliphatic heterocycles. The molecule has 6 aromatic carbocycles. The fraction of sp³-hybridized carbons (Fsp3) is 0.111. The van der Waals surface area contributed by atoms with Crippen molar-refractivity contribution >= 4 is 82.2 Å². The van der Waals surface area contributed by atoms with Crippen molar-refractivity contribution in [1.29, 1.82) is 10.8 Å². The van der Waals surface area contributed by atoms with Crippen molar-refractivity contribution in [3.63, 3.8) is 0 Å². The van der Waals surface area contributed by atoms with Crippen molar-refractivity contribution in [2.75, 3.05) is 4.90 Å². The van der Waals surface area contributed by atoms with E-state index < -0.39 is 26.3 Å². The molecule has 0 atom stereocenters. The maximum atomic E-state index is 9.68. The average Bonchev–Trinajstić information content (AvgIpc) is 3.82. The summed E-state index contributed by atoms with van der Waals surface area (Å²) in [6.07, 6.45) is 9.96. The highest BCUT2D eigenvalue weighted by Crippen LogP contribution is 2.36. The van der Waals surface area contributed by atoms with Crippen LogP contribution in [0.4, 0.5) is 5.69 Å². The molecule has 1 aromatic heterocycles. The number of rotatable bonds is 9. The molecule has 0 bridgehead atoms. The Bertz CT molecular complexity index is 3430. The van der Waals surface area contributed by atoms with Crippen LogP contribution in [0.25, 0.3) is 55.3 Å². The molecule has 0 saturated carbocycles. The minimum Gasteiger partial charge on any atom is -0.321 e. The quantitative estimate of drug-likeness (QED) is 0.109. The maximum Gasteiger partial charge on any atom is 0.298 e. The Balaban J connectivity index is 1.11. The lowest BCUT2D eigenvalue weighted by atomic mass is 9.90. The van der Waals surface area contributed by atoms with Crippen LogP contribution in [-0.4, -0.2) is 53.7 Å². The van der Waals surface area contributed by atoms with Crippen LogP contribution in [0.15, 0.2) is 200 Å². The molecule has 8 nitrogen and oxygen atoms in total. The van der Waals surface area contributed by atoms with Crippen molar-refractivity contribution in [3.8, 4) is 27.9 Å². The number of benzene rings is 6. The first-order valence-corrected chi connectivity index (χ1v) is 29.7. The van der Waals surface area contributed by atoms with Crippen molar-refractivity contribution < 1.29 is 0 Å². The highest BCUT2D eigenvalue weighted by Gasteiger charge is 2.34. The van der Waals surface area contributed by atoms with Crippen molar-refractivity contribution in [3.05, 3.63) is 198 Å². The zero-order chi connectivity index (χ0) is 45.0. The normalized spacial score (nSPS) is 16.8. The average molecular weight is 893 g/mol. The predicted molar refractivity (Wildman–Crippen MR) is 279 cm³/mol. The number of nitrogens with zero attached hydrogens (tertiary/aromatic N) is 6. The lowest BCUT2D eigenvalue weighted by Crippen LogP contribution is -2.42. The zero-order valence-corrected chi connectivity index (χ0v) is 40.3. The van der Waals surface area contributed by atoms with Gasteiger partial charge in [0.15, 0.2) is 17.9 Å². The number of para-hydroxylation sites is 2. The van der Waals surface area contributed by atoms with E-state index in [2.05, 4.69) is 164 Å². The fourth-order valence-corrected chi connectivity index (χ4v) is 12.0. The second kappa shape index (κ2) is 16.7. The van der Waals surface area contributed by atoms with Gasteiger partial charge < -0.3 is 18.8 Å². The van der Waals surface area contributed by atoms with Crippen molar-refractivity contribution in [2.45, 2.75) is 39.3 Å². The summed E-state index contributed by atoms with van der Waals surface area (Å²) >= 11 is 0. The standard InChI is InChI=1S/C54H48N8Si3/c1-63(2)57-44-21-15-23-46(51(44)56)62(47-32-30-40(36-16-9-7-10-17-36)50(55)53(47)58-64(3)4)48-33-31-41(52-54(48)60-65(5,6)59-52)37-26-24-35(25-27-37)38-28-29-43-42-20-13-14-22-45(42)61(49(43)34-38)39-18-11-8-12-19-39/h7-34,55-56H,1-6H3/b55-50?,56-51?,57-44-,58-53-. The Morgan fingerprint density at radius 3 is 1.95 bits per heavy atom. The zero-order valence-electron chi connectivity index (χ0n) is 37.3. The number of fused-ring (bicyclic) bond motifs is 4. The molecular formula is C54H48N8Si3. The molecule has 0 saturated heterocycles. The Labute approximate surface area is 384 Å². The smallest absolute Gasteiger partial charge is 0.298 e. The molecule has 0 unspecified atom stereocenters. The van der Waals surface area contributed by atoms with Gasteiger partial charge in [0.05, 0.1) is 56.0 Å². The SMILES string of the molecule is C[Si](C)/N=C1/C=CC=C(N(C2=CC=C(c3ccccc3)C(=N)/C2=N\[Si](C)C)c2ccc(-c3ccc(-c4ccc5c6ccccc6n(-c6ccccc6)c5c4)cc3)c3c2=N[Si](C)(C)N=3)C1=N. The maximum absolute atomic E-state index is 9.68. The van der Waals surface area contributed by atoms with Crippen LogP contribution in [0.1, 0.15) is 5.56 Å². The first-order valence-electron chi connectivity index (χ1n) is 21.9. The number of hydrogen-bond acceptors (Lipinski definition) is 7. The number of anilines is 1. The molecule has 2 heterocycles. The first kappa shape index (κ1) is 41.8. The van der Waals surface area contributed by atoms with Crippen LogP contribution < -0.4 is 15.6 Å². The van der Waals surface area contributed by atoms with E-state index in [-0.39, 0.29) is 0 Å². The van der Waals surface area contributed by atoms with Gasteiger partial charge in [-0.05, 0) is 90.0 Å². The summed E-state index contributed by atoms with van der Waals surface area (Å²) < 4.78 is 23.4. The summed E-state index contributed by atoms with van der Waals surface area (Å²) in [5, 5.41) is 23.4. The fourth-order valence-electron chi connectivity index (χ4n) is 9.02. The van der Waals surface area contributed by atoms with Crippen LogP contribution in [0.5, 0.6) is 0 Å². The molecule has 11 heteroatoms. The topological polar surface area (TPSA) is 105 Å². The van der Waals surface area contributed by atoms with Crippen LogP contribution in [0.2, 0.25) is 39.3 Å². The van der Waals surface area contributed by atoms with Gasteiger partial charge in [-0.2, -0.15) is 0 Å². The lowest BCUT2D eigenvalue weighted by molar-refractivity contribution is 1.14. The van der Waals surface area contributed by atoms with E-state index in [4.69, 9.17) is 18.6 Å². The molecule has 65 heavy (non-hydrogen) atoms. The highest BCUT2D eigenvalue weighted by atomic mass is 28.3. The second-order valence-electron chi connectivity index (χ2n) is 17.4. The summed E-state index contributed by atoms with van der Waals surface area (Å²) in [7, 11) is -4.72. The number of aromatic nitrogens is 1. The van der Waals surface area contributed by atoms with E-state index in [0.717, 1.165) is 61.2 Å². The van der Waals surface area contributed by atoms with Gasteiger partial charge in [0.25, 0.3) is 8.40 Å². The minimum atomic E-state index is -2.47. The van der Waals surface area contributed by atoms with Crippen LogP contribution >= 0.6 is 0 Å². The third-order valence-corrected chi connectivity index (χ3v) is 14.7. The molecule has 10 rings (SSSR count). The molecular weight excluding hydrogens is 845 g/mol. The molecule has 3 aliphatic rings. The van der Waals surface area contributed by atoms with Gasteiger partial charge in [-0.3, -0.25) is 20.1 Å². The third-order valence-electron chi connectivity index (χ3n) is 11.8. The van der Waals surface area contributed by atoms with E-state index in [1.165, 1.54) is 21.8 Å². The molecule has 2 N–H and O–H groups in total. The predicted octanol–water partition coefficient (Wildman–Crippen LogP) is 11.7. The summed E-state index contributed by atoms with van der Waals surface area (Å²) in [6.45, 7) is 12.9. The molecule has 0 fully saturated rings. The van der Waals surface area contributed by atoms with E-state index in [1.807, 2.05) is 54.6 Å². The third kappa shape index (κ3) is 7.71. The van der Waals surface area contributed by atoms with Gasteiger partial charge in [0, 0.05) is 27.6 Å².